The van der Waals surface area contributed by atoms with Crippen LogP contribution in [-0.4, -0.2) is 60.5 Å². The summed E-state index contributed by atoms with van der Waals surface area (Å²) in [5.74, 6) is 1.25. The van der Waals surface area contributed by atoms with Gasteiger partial charge in [0.2, 0.25) is 0 Å². The van der Waals surface area contributed by atoms with Gasteiger partial charge in [-0.3, -0.25) is 4.79 Å². The van der Waals surface area contributed by atoms with Crippen molar-refractivity contribution in [3.63, 3.8) is 0 Å². The highest BCUT2D eigenvalue weighted by Gasteiger charge is 2.23. The van der Waals surface area contributed by atoms with E-state index in [0.29, 0.717) is 53.5 Å². The molecule has 1 aliphatic heterocycles. The summed E-state index contributed by atoms with van der Waals surface area (Å²) in [6.45, 7) is 5.35. The average Bonchev–Trinajstić information content (AvgIpc) is 2.88. The van der Waals surface area contributed by atoms with Crippen LogP contribution >= 0.6 is 23.4 Å². The van der Waals surface area contributed by atoms with E-state index in [1.54, 1.807) is 18.2 Å². The van der Waals surface area contributed by atoms with Gasteiger partial charge in [0.05, 0.1) is 5.69 Å². The number of thioether (sulfide) groups is 1. The number of hydrogen-bond donors (Lipinski definition) is 0. The Labute approximate surface area is 215 Å². The molecule has 0 atom stereocenters. The van der Waals surface area contributed by atoms with Crippen LogP contribution in [0.4, 0.5) is 15.9 Å². The Bertz CT molecular complexity index is 1150. The van der Waals surface area contributed by atoms with E-state index in [2.05, 4.69) is 21.8 Å². The van der Waals surface area contributed by atoms with Crippen LogP contribution in [0.1, 0.15) is 29.3 Å². The number of piperazine rings is 1. The molecule has 1 saturated heterocycles. The number of halogens is 2. The second-order valence-electron chi connectivity index (χ2n) is 8.47. The molecule has 184 valence electrons. The second-order valence-corrected chi connectivity index (χ2v) is 9.80. The lowest BCUT2D eigenvalue weighted by atomic mass is 10.1. The molecule has 35 heavy (non-hydrogen) atoms. The first kappa shape index (κ1) is 25.3. The number of rotatable bonds is 8. The Balaban J connectivity index is 1.32. The Morgan fingerprint density at radius 1 is 1.09 bits per heavy atom. The third-order valence-electron chi connectivity index (χ3n) is 5.94. The summed E-state index contributed by atoms with van der Waals surface area (Å²) in [4.78, 5) is 27.8. The van der Waals surface area contributed by atoms with Gasteiger partial charge in [0.1, 0.15) is 16.8 Å². The fourth-order valence-electron chi connectivity index (χ4n) is 4.03. The summed E-state index contributed by atoms with van der Waals surface area (Å²) in [6, 6.07) is 16.2. The molecule has 2 heterocycles. The summed E-state index contributed by atoms with van der Waals surface area (Å²) in [5, 5.41) is 1.06. The van der Waals surface area contributed by atoms with Gasteiger partial charge < -0.3 is 14.7 Å². The largest absolute Gasteiger partial charge is 0.366 e. The lowest BCUT2D eigenvalue weighted by Gasteiger charge is -2.36. The molecule has 1 fully saturated rings. The van der Waals surface area contributed by atoms with Gasteiger partial charge in [-0.1, -0.05) is 54.6 Å². The maximum atomic E-state index is 14.1. The molecule has 1 aromatic heterocycles. The van der Waals surface area contributed by atoms with E-state index in [0.717, 1.165) is 24.3 Å². The molecule has 0 aliphatic carbocycles. The summed E-state index contributed by atoms with van der Waals surface area (Å²) in [6.07, 6.45) is 1.02. The number of hydrogen-bond acceptors (Lipinski definition) is 6. The highest BCUT2D eigenvalue weighted by Crippen LogP contribution is 2.25. The molecule has 1 amide bonds. The van der Waals surface area contributed by atoms with Crippen molar-refractivity contribution in [2.75, 3.05) is 49.6 Å². The molecule has 0 radical (unpaired) electrons. The van der Waals surface area contributed by atoms with Gasteiger partial charge in [0, 0.05) is 57.2 Å². The van der Waals surface area contributed by atoms with E-state index in [9.17, 15) is 9.18 Å². The molecule has 0 saturated carbocycles. The fourth-order valence-corrected chi connectivity index (χ4v) is 5.07. The number of benzene rings is 2. The highest BCUT2D eigenvalue weighted by molar-refractivity contribution is 7.98. The van der Waals surface area contributed by atoms with Crippen molar-refractivity contribution in [1.29, 1.82) is 0 Å². The number of anilines is 2. The van der Waals surface area contributed by atoms with Gasteiger partial charge in [-0.05, 0) is 36.2 Å². The smallest absolute Gasteiger partial charge is 0.253 e. The average molecular weight is 514 g/mol. The van der Waals surface area contributed by atoms with Crippen LogP contribution in [0.15, 0.2) is 59.8 Å². The number of carbonyl (C=O) groups excluding carboxylic acids is 1. The highest BCUT2D eigenvalue weighted by atomic mass is 35.5. The Morgan fingerprint density at radius 3 is 2.49 bits per heavy atom. The topological polar surface area (TPSA) is 52.6 Å². The van der Waals surface area contributed by atoms with E-state index < -0.39 is 0 Å². The summed E-state index contributed by atoms with van der Waals surface area (Å²) in [7, 11) is 1.99. The molecule has 3 aromatic rings. The molecule has 0 unspecified atom stereocenters. The Hall–Kier alpha value is -2.84. The minimum atomic E-state index is -0.229. The number of carbonyl (C=O) groups is 1. The lowest BCUT2D eigenvalue weighted by molar-refractivity contribution is 0.0746. The van der Waals surface area contributed by atoms with Crippen LogP contribution in [0, 0.1) is 5.82 Å². The van der Waals surface area contributed by atoms with Gasteiger partial charge in [-0.25, -0.2) is 14.4 Å². The van der Waals surface area contributed by atoms with Crippen molar-refractivity contribution < 1.29 is 9.18 Å². The van der Waals surface area contributed by atoms with Crippen LogP contribution < -0.4 is 9.80 Å². The summed E-state index contributed by atoms with van der Waals surface area (Å²) in [5.41, 5.74) is 2.32. The number of aromatic nitrogens is 2. The maximum Gasteiger partial charge on any atom is 0.253 e. The quantitative estimate of drug-likeness (QED) is 0.229. The molecular formula is C26H29ClFN5OS. The van der Waals surface area contributed by atoms with Crippen LogP contribution in [0.3, 0.4) is 0 Å². The molecule has 0 spiro atoms. The minimum Gasteiger partial charge on any atom is -0.366 e. The van der Waals surface area contributed by atoms with Gasteiger partial charge in [-0.2, -0.15) is 0 Å². The van der Waals surface area contributed by atoms with Crippen molar-refractivity contribution in [3.05, 3.63) is 76.7 Å². The SMILES string of the molecule is CCCN(C)c1cc(Cl)nc(SCc2ccc(C(=O)N3CCN(c4ccccc4F)CC3)cc2)n1. The first-order valence-electron chi connectivity index (χ1n) is 11.7. The predicted octanol–water partition coefficient (Wildman–Crippen LogP) is 5.37. The van der Waals surface area contributed by atoms with Crippen LogP contribution in [0.5, 0.6) is 0 Å². The molecule has 1 aliphatic rings. The molecule has 4 rings (SSSR count). The molecular weight excluding hydrogens is 485 g/mol. The van der Waals surface area contributed by atoms with Crippen LogP contribution in [-0.2, 0) is 5.75 Å². The van der Waals surface area contributed by atoms with E-state index in [1.807, 2.05) is 47.2 Å². The van der Waals surface area contributed by atoms with Crippen molar-refractivity contribution >= 4 is 40.8 Å². The lowest BCUT2D eigenvalue weighted by Crippen LogP contribution is -2.49. The Morgan fingerprint density at radius 2 is 1.80 bits per heavy atom. The van der Waals surface area contributed by atoms with Gasteiger partial charge in [-0.15, -0.1) is 0 Å². The van der Waals surface area contributed by atoms with Crippen LogP contribution in [0.25, 0.3) is 0 Å². The van der Waals surface area contributed by atoms with Crippen LogP contribution in [0.2, 0.25) is 5.15 Å². The normalized spacial score (nSPS) is 13.7. The molecule has 0 N–H and O–H groups in total. The fraction of sp³-hybridized carbons (Fsp3) is 0.346. The molecule has 9 heteroatoms. The predicted molar refractivity (Wildman–Crippen MR) is 141 cm³/mol. The van der Waals surface area contributed by atoms with Crippen molar-refractivity contribution in [2.45, 2.75) is 24.3 Å². The van der Waals surface area contributed by atoms with Crippen molar-refractivity contribution in [2.24, 2.45) is 0 Å². The maximum absolute atomic E-state index is 14.1. The van der Waals surface area contributed by atoms with Crippen molar-refractivity contribution in [3.8, 4) is 0 Å². The van der Waals surface area contributed by atoms with E-state index in [-0.39, 0.29) is 11.7 Å². The number of para-hydroxylation sites is 1. The summed E-state index contributed by atoms with van der Waals surface area (Å²) >= 11 is 7.72. The first-order chi connectivity index (χ1) is 16.9. The third kappa shape index (κ3) is 6.44. The monoisotopic (exact) mass is 513 g/mol. The molecule has 0 bridgehead atoms. The van der Waals surface area contributed by atoms with E-state index in [4.69, 9.17) is 11.6 Å². The number of amides is 1. The zero-order chi connectivity index (χ0) is 24.8. The van der Waals surface area contributed by atoms with E-state index in [1.165, 1.54) is 17.8 Å². The third-order valence-corrected chi connectivity index (χ3v) is 7.05. The van der Waals surface area contributed by atoms with Gasteiger partial charge in [0.15, 0.2) is 5.16 Å². The molecule has 6 nitrogen and oxygen atoms in total. The van der Waals surface area contributed by atoms with Gasteiger partial charge in [0.25, 0.3) is 5.91 Å². The Kier molecular flexibility index (Phi) is 8.46. The van der Waals surface area contributed by atoms with Crippen molar-refractivity contribution in [1.82, 2.24) is 14.9 Å². The summed E-state index contributed by atoms with van der Waals surface area (Å²) < 4.78 is 14.1. The number of nitrogens with zero attached hydrogens (tertiary/aromatic N) is 5. The van der Waals surface area contributed by atoms with E-state index >= 15 is 0 Å². The minimum absolute atomic E-state index is 0.000774. The standard InChI is InChI=1S/C26H29ClFN5OS/c1-3-12-31(2)24-17-23(27)29-26(30-24)35-18-19-8-10-20(11-9-19)25(34)33-15-13-32(14-16-33)22-7-5-4-6-21(22)28/h4-11,17H,3,12-16,18H2,1-2H3. The zero-order valence-electron chi connectivity index (χ0n) is 20.0. The van der Waals surface area contributed by atoms with Gasteiger partial charge >= 0.3 is 0 Å². The molecule has 2 aromatic carbocycles. The first-order valence-corrected chi connectivity index (χ1v) is 13.1. The zero-order valence-corrected chi connectivity index (χ0v) is 21.5. The second kappa shape index (κ2) is 11.7.